The Balaban J connectivity index is 0.00000225. The lowest BCUT2D eigenvalue weighted by Crippen LogP contribution is -2.48. The summed E-state index contributed by atoms with van der Waals surface area (Å²) < 4.78 is 14.9. The van der Waals surface area contributed by atoms with Crippen LogP contribution in [0.25, 0.3) is 15.9 Å². The quantitative estimate of drug-likeness (QED) is 0.726. The number of hydrogen-bond acceptors (Lipinski definition) is 4. The Kier molecular flexibility index (Phi) is 5.51. The topological polar surface area (TPSA) is 72.9 Å². The summed E-state index contributed by atoms with van der Waals surface area (Å²) in [5.41, 5.74) is 6.78. The van der Waals surface area contributed by atoms with Crippen LogP contribution in [0.15, 0.2) is 30.3 Å². The van der Waals surface area contributed by atoms with E-state index in [1.807, 2.05) is 26.8 Å². The van der Waals surface area contributed by atoms with Gasteiger partial charge in [-0.3, -0.25) is 4.79 Å². The molecule has 1 aromatic carbocycles. The highest BCUT2D eigenvalue weighted by Crippen LogP contribution is 2.30. The number of nitrogens with zero attached hydrogens (tertiary/aromatic N) is 2. The van der Waals surface area contributed by atoms with Gasteiger partial charge in [-0.25, -0.2) is 9.07 Å². The molecule has 5 nitrogen and oxygen atoms in total. The lowest BCUT2D eigenvalue weighted by atomic mass is 10.1. The molecule has 2 aromatic heterocycles. The van der Waals surface area contributed by atoms with E-state index in [2.05, 4.69) is 10.4 Å². The van der Waals surface area contributed by atoms with Gasteiger partial charge in [-0.1, -0.05) is 0 Å². The Morgan fingerprint density at radius 3 is 2.60 bits per heavy atom. The van der Waals surface area contributed by atoms with Crippen LogP contribution < -0.4 is 11.1 Å². The van der Waals surface area contributed by atoms with Crippen LogP contribution in [0.1, 0.15) is 29.2 Å². The van der Waals surface area contributed by atoms with Crippen molar-refractivity contribution >= 4 is 39.9 Å². The molecule has 25 heavy (non-hydrogen) atoms. The van der Waals surface area contributed by atoms with Crippen LogP contribution in [0.3, 0.4) is 0 Å². The molecule has 3 N–H and O–H groups in total. The summed E-state index contributed by atoms with van der Waals surface area (Å²) in [6.07, 6.45) is 0. The van der Waals surface area contributed by atoms with E-state index in [0.29, 0.717) is 11.4 Å². The van der Waals surface area contributed by atoms with E-state index in [1.165, 1.54) is 23.5 Å². The largest absolute Gasteiger partial charge is 0.345 e. The molecule has 0 saturated carbocycles. The molecule has 0 aliphatic rings. The highest BCUT2D eigenvalue weighted by molar-refractivity contribution is 7.20. The number of nitrogens with two attached hydrogens (primary N) is 1. The fourth-order valence-electron chi connectivity index (χ4n) is 2.34. The monoisotopic (exact) mass is 382 g/mol. The maximum atomic E-state index is 13.1. The summed E-state index contributed by atoms with van der Waals surface area (Å²) in [6, 6.07) is 7.95. The fraction of sp³-hybridized carbons (Fsp3) is 0.294. The molecule has 3 aromatic rings. The van der Waals surface area contributed by atoms with Crippen LogP contribution >= 0.6 is 23.7 Å². The third-order valence-electron chi connectivity index (χ3n) is 3.80. The molecule has 0 unspecified atom stereocenters. The Hall–Kier alpha value is -1.96. The van der Waals surface area contributed by atoms with Crippen molar-refractivity contribution in [2.24, 2.45) is 5.73 Å². The first-order chi connectivity index (χ1) is 11.3. The first kappa shape index (κ1) is 19.4. The third kappa shape index (κ3) is 3.84. The van der Waals surface area contributed by atoms with Crippen molar-refractivity contribution in [2.75, 3.05) is 6.54 Å². The van der Waals surface area contributed by atoms with Crippen molar-refractivity contribution < 1.29 is 9.18 Å². The fourth-order valence-corrected chi connectivity index (χ4v) is 3.41. The van der Waals surface area contributed by atoms with E-state index in [-0.39, 0.29) is 24.1 Å². The molecule has 0 fully saturated rings. The van der Waals surface area contributed by atoms with Gasteiger partial charge < -0.3 is 11.1 Å². The lowest BCUT2D eigenvalue weighted by Gasteiger charge is -2.23. The number of hydrogen-bond donors (Lipinski definition) is 2. The third-order valence-corrected chi connectivity index (χ3v) is 4.91. The Labute approximate surface area is 155 Å². The normalized spacial score (nSPS) is 11.4. The second kappa shape index (κ2) is 7.11. The van der Waals surface area contributed by atoms with Crippen molar-refractivity contribution in [3.63, 3.8) is 0 Å². The van der Waals surface area contributed by atoms with Gasteiger partial charge >= 0.3 is 0 Å². The second-order valence-corrected chi connectivity index (χ2v) is 7.38. The summed E-state index contributed by atoms with van der Waals surface area (Å²) in [7, 11) is 0. The zero-order chi connectivity index (χ0) is 17.5. The smallest absolute Gasteiger partial charge is 0.261 e. The molecule has 0 aliphatic heterocycles. The molecule has 8 heteroatoms. The first-order valence-corrected chi connectivity index (χ1v) is 8.40. The molecule has 0 radical (unpaired) electrons. The van der Waals surface area contributed by atoms with Gasteiger partial charge in [-0.05, 0) is 51.1 Å². The second-order valence-electron chi connectivity index (χ2n) is 6.35. The number of thiophene rings is 1. The molecule has 134 valence electrons. The molecule has 0 bridgehead atoms. The number of nitrogens with one attached hydrogen (secondary N) is 1. The number of rotatable bonds is 4. The van der Waals surface area contributed by atoms with Crippen LogP contribution in [0.2, 0.25) is 0 Å². The predicted octanol–water partition coefficient (Wildman–Crippen LogP) is 3.42. The number of amides is 1. The van der Waals surface area contributed by atoms with E-state index in [4.69, 9.17) is 5.73 Å². The van der Waals surface area contributed by atoms with Gasteiger partial charge in [0.1, 0.15) is 10.6 Å². The summed E-state index contributed by atoms with van der Waals surface area (Å²) >= 11 is 1.36. The highest BCUT2D eigenvalue weighted by atomic mass is 35.5. The van der Waals surface area contributed by atoms with Crippen molar-refractivity contribution in [1.82, 2.24) is 15.1 Å². The maximum Gasteiger partial charge on any atom is 0.261 e. The van der Waals surface area contributed by atoms with E-state index in [0.717, 1.165) is 21.6 Å². The molecule has 3 rings (SSSR count). The van der Waals surface area contributed by atoms with E-state index in [9.17, 15) is 9.18 Å². The zero-order valence-corrected chi connectivity index (χ0v) is 15.8. The zero-order valence-electron chi connectivity index (χ0n) is 14.2. The number of carbonyl (C=O) groups excluding carboxylic acids is 1. The van der Waals surface area contributed by atoms with Crippen molar-refractivity contribution in [3.05, 3.63) is 46.7 Å². The molecule has 1 amide bonds. The van der Waals surface area contributed by atoms with Gasteiger partial charge in [0.05, 0.1) is 16.3 Å². The molecule has 0 spiro atoms. The lowest BCUT2D eigenvalue weighted by molar-refractivity contribution is 0.0920. The molecule has 0 aliphatic carbocycles. The number of carbonyl (C=O) groups is 1. The van der Waals surface area contributed by atoms with Crippen molar-refractivity contribution in [3.8, 4) is 5.69 Å². The average molecular weight is 383 g/mol. The van der Waals surface area contributed by atoms with Crippen LogP contribution in [-0.2, 0) is 0 Å². The molecule has 0 saturated heterocycles. The number of aryl methyl sites for hydroxylation is 1. The van der Waals surface area contributed by atoms with Crippen LogP contribution in [0.5, 0.6) is 0 Å². The number of benzene rings is 1. The van der Waals surface area contributed by atoms with E-state index < -0.39 is 5.54 Å². The van der Waals surface area contributed by atoms with Gasteiger partial charge in [0, 0.05) is 17.5 Å². The standard InChI is InChI=1S/C17H19FN4OS.ClH/c1-10-13-8-14(15(23)20-17(2,3)9-19)24-16(13)22(21-10)12-6-4-11(18)5-7-12;/h4-8H,9,19H2,1-3H3,(H,20,23);1H. The Bertz CT molecular complexity index is 901. The number of halogens is 2. The highest BCUT2D eigenvalue weighted by Gasteiger charge is 2.22. The Morgan fingerprint density at radius 2 is 2.00 bits per heavy atom. The van der Waals surface area contributed by atoms with Crippen molar-refractivity contribution in [2.45, 2.75) is 26.3 Å². The van der Waals surface area contributed by atoms with Gasteiger partial charge in [-0.15, -0.1) is 23.7 Å². The Morgan fingerprint density at radius 1 is 1.36 bits per heavy atom. The van der Waals surface area contributed by atoms with E-state index in [1.54, 1.807) is 16.8 Å². The van der Waals surface area contributed by atoms with Gasteiger partial charge in [-0.2, -0.15) is 5.10 Å². The van der Waals surface area contributed by atoms with Crippen LogP contribution in [0, 0.1) is 12.7 Å². The van der Waals surface area contributed by atoms with Gasteiger partial charge in [0.2, 0.25) is 0 Å². The van der Waals surface area contributed by atoms with Crippen LogP contribution in [-0.4, -0.2) is 27.8 Å². The molecule has 0 atom stereocenters. The van der Waals surface area contributed by atoms with Gasteiger partial charge in [0.15, 0.2) is 0 Å². The maximum absolute atomic E-state index is 13.1. The summed E-state index contributed by atoms with van der Waals surface area (Å²) in [6.45, 7) is 6.00. The van der Waals surface area contributed by atoms with Crippen LogP contribution in [0.4, 0.5) is 4.39 Å². The molecule has 2 heterocycles. The minimum Gasteiger partial charge on any atom is -0.345 e. The minimum absolute atomic E-state index is 0. The SMILES string of the molecule is Cc1nn(-c2ccc(F)cc2)c2sc(C(=O)NC(C)(C)CN)cc12.Cl. The van der Waals surface area contributed by atoms with Gasteiger partial charge in [0.25, 0.3) is 5.91 Å². The average Bonchev–Trinajstić information content (AvgIpc) is 3.09. The molecular weight excluding hydrogens is 363 g/mol. The summed E-state index contributed by atoms with van der Waals surface area (Å²) in [5.74, 6) is -0.453. The first-order valence-electron chi connectivity index (χ1n) is 7.58. The molecular formula is C17H20ClFN4OS. The summed E-state index contributed by atoms with van der Waals surface area (Å²) in [5, 5.41) is 8.34. The predicted molar refractivity (Wildman–Crippen MR) is 101 cm³/mol. The summed E-state index contributed by atoms with van der Waals surface area (Å²) in [4.78, 5) is 13.9. The van der Waals surface area contributed by atoms with Crippen molar-refractivity contribution in [1.29, 1.82) is 0 Å². The number of fused-ring (bicyclic) bond motifs is 1. The minimum atomic E-state index is -0.467. The number of aromatic nitrogens is 2. The van der Waals surface area contributed by atoms with E-state index >= 15 is 0 Å².